The highest BCUT2D eigenvalue weighted by atomic mass is 16.6. The van der Waals surface area contributed by atoms with E-state index in [2.05, 4.69) is 10.5 Å². The minimum absolute atomic E-state index is 0.0463. The van der Waals surface area contributed by atoms with Gasteiger partial charge < -0.3 is 4.74 Å². The molecule has 0 fully saturated rings. The van der Waals surface area contributed by atoms with Gasteiger partial charge in [-0.25, -0.2) is 0 Å². The number of benzene rings is 3. The number of hydrogen-bond acceptors (Lipinski definition) is 7. The number of ether oxygens (including phenoxy) is 1. The molecule has 0 aliphatic rings. The van der Waals surface area contributed by atoms with E-state index in [0.717, 1.165) is 22.4 Å². The Morgan fingerprint density at radius 3 is 2.57 bits per heavy atom. The van der Waals surface area contributed by atoms with Crippen LogP contribution in [-0.2, 0) is 0 Å². The van der Waals surface area contributed by atoms with Crippen LogP contribution < -0.4 is 10.2 Å². The quantitative estimate of drug-likeness (QED) is 0.366. The van der Waals surface area contributed by atoms with Crippen molar-refractivity contribution in [3.05, 3.63) is 80.4 Å². The van der Waals surface area contributed by atoms with E-state index >= 15 is 0 Å². The molecule has 1 N–H and O–H groups in total. The van der Waals surface area contributed by atoms with Crippen LogP contribution >= 0.6 is 0 Å². The molecule has 142 valence electrons. The van der Waals surface area contributed by atoms with Crippen molar-refractivity contribution in [1.29, 1.82) is 0 Å². The Morgan fingerprint density at radius 1 is 1.07 bits per heavy atom. The molecule has 0 aromatic heterocycles. The van der Waals surface area contributed by atoms with Gasteiger partial charge in [0.2, 0.25) is 0 Å². The second-order valence-corrected chi connectivity index (χ2v) is 5.72. The van der Waals surface area contributed by atoms with Gasteiger partial charge >= 0.3 is 5.69 Å². The standard InChI is InChI=1S/C19H16N4O5/c1-2-28-19-10-7-13-5-3-4-6-15(13)16(19)12-20-21-17-9-8-14(22(24)25)11-18(17)23(26)27/h3-12,21H,2H2,1H3/b20-12+. The lowest BCUT2D eigenvalue weighted by molar-refractivity contribution is -0.393. The molecule has 0 saturated heterocycles. The highest BCUT2D eigenvalue weighted by molar-refractivity contribution is 6.02. The average Bonchev–Trinajstić information content (AvgIpc) is 2.69. The van der Waals surface area contributed by atoms with Gasteiger partial charge in [-0.3, -0.25) is 25.7 Å². The summed E-state index contributed by atoms with van der Waals surface area (Å²) in [7, 11) is 0. The van der Waals surface area contributed by atoms with E-state index < -0.39 is 15.5 Å². The van der Waals surface area contributed by atoms with E-state index in [9.17, 15) is 20.2 Å². The molecule has 9 heteroatoms. The zero-order chi connectivity index (χ0) is 20.1. The zero-order valence-electron chi connectivity index (χ0n) is 14.9. The summed E-state index contributed by atoms with van der Waals surface area (Å²) in [5.41, 5.74) is 2.56. The zero-order valence-corrected chi connectivity index (χ0v) is 14.9. The summed E-state index contributed by atoms with van der Waals surface area (Å²) in [5, 5.41) is 28.0. The first-order valence-electron chi connectivity index (χ1n) is 8.37. The van der Waals surface area contributed by atoms with Crippen molar-refractivity contribution < 1.29 is 14.6 Å². The van der Waals surface area contributed by atoms with Crippen LogP contribution in [0, 0.1) is 20.2 Å². The monoisotopic (exact) mass is 380 g/mol. The predicted octanol–water partition coefficient (Wildman–Crippen LogP) is 4.50. The third-order valence-corrected chi connectivity index (χ3v) is 4.00. The number of nitrogens with one attached hydrogen (secondary N) is 1. The van der Waals surface area contributed by atoms with Crippen molar-refractivity contribution in [2.45, 2.75) is 6.92 Å². The van der Waals surface area contributed by atoms with Crippen LogP contribution in [-0.4, -0.2) is 22.7 Å². The number of hydrogen-bond donors (Lipinski definition) is 1. The van der Waals surface area contributed by atoms with Gasteiger partial charge in [-0.05, 0) is 29.8 Å². The number of nitro groups is 2. The number of fused-ring (bicyclic) bond motifs is 1. The maximum absolute atomic E-state index is 11.2. The fourth-order valence-corrected chi connectivity index (χ4v) is 2.74. The number of nitro benzene ring substituents is 2. The van der Waals surface area contributed by atoms with Gasteiger partial charge in [0.25, 0.3) is 5.69 Å². The molecule has 0 aliphatic heterocycles. The lowest BCUT2D eigenvalue weighted by atomic mass is 10.0. The van der Waals surface area contributed by atoms with Crippen molar-refractivity contribution in [2.24, 2.45) is 5.10 Å². The summed E-state index contributed by atoms with van der Waals surface area (Å²) >= 11 is 0. The SMILES string of the molecule is CCOc1ccc2ccccc2c1/C=N/Nc1ccc([N+](=O)[O-])cc1[N+](=O)[O-]. The van der Waals surface area contributed by atoms with E-state index in [1.54, 1.807) is 0 Å². The number of anilines is 1. The molecule has 0 aliphatic carbocycles. The van der Waals surface area contributed by atoms with Crippen molar-refractivity contribution in [2.75, 3.05) is 12.0 Å². The van der Waals surface area contributed by atoms with E-state index in [0.29, 0.717) is 12.4 Å². The van der Waals surface area contributed by atoms with Crippen molar-refractivity contribution in [1.82, 2.24) is 0 Å². The van der Waals surface area contributed by atoms with Gasteiger partial charge in [-0.2, -0.15) is 5.10 Å². The first-order chi connectivity index (χ1) is 13.5. The van der Waals surface area contributed by atoms with Gasteiger partial charge in [0.05, 0.1) is 28.7 Å². The average molecular weight is 380 g/mol. The Hall–Kier alpha value is -4.01. The van der Waals surface area contributed by atoms with Crippen LogP contribution in [0.25, 0.3) is 10.8 Å². The smallest absolute Gasteiger partial charge is 0.301 e. The maximum Gasteiger partial charge on any atom is 0.301 e. The minimum Gasteiger partial charge on any atom is -0.493 e. The highest BCUT2D eigenvalue weighted by Gasteiger charge is 2.19. The lowest BCUT2D eigenvalue weighted by Gasteiger charge is -2.10. The number of hydrazone groups is 1. The van der Waals surface area contributed by atoms with Crippen molar-refractivity contribution in [3.8, 4) is 5.75 Å². The summed E-state index contributed by atoms with van der Waals surface area (Å²) in [5.74, 6) is 0.630. The highest BCUT2D eigenvalue weighted by Crippen LogP contribution is 2.30. The molecule has 3 aromatic rings. The summed E-state index contributed by atoms with van der Waals surface area (Å²) in [6.07, 6.45) is 1.51. The summed E-state index contributed by atoms with van der Waals surface area (Å²) in [6, 6.07) is 14.8. The number of nitrogens with zero attached hydrogens (tertiary/aromatic N) is 3. The Labute approximate surface area is 159 Å². The van der Waals surface area contributed by atoms with Crippen LogP contribution in [0.1, 0.15) is 12.5 Å². The lowest BCUT2D eigenvalue weighted by Crippen LogP contribution is -2.00. The first-order valence-corrected chi connectivity index (χ1v) is 8.37. The molecule has 9 nitrogen and oxygen atoms in total. The number of rotatable bonds is 7. The molecular formula is C19H16N4O5. The molecule has 0 radical (unpaired) electrons. The molecule has 0 atom stereocenters. The van der Waals surface area contributed by atoms with E-state index in [-0.39, 0.29) is 11.4 Å². The van der Waals surface area contributed by atoms with E-state index in [1.807, 2.05) is 43.3 Å². The predicted molar refractivity (Wildman–Crippen MR) is 106 cm³/mol. The molecule has 3 rings (SSSR count). The molecular weight excluding hydrogens is 364 g/mol. The molecule has 3 aromatic carbocycles. The third-order valence-electron chi connectivity index (χ3n) is 4.00. The van der Waals surface area contributed by atoms with Crippen LogP contribution in [0.2, 0.25) is 0 Å². The number of non-ortho nitro benzene ring substituents is 1. The van der Waals surface area contributed by atoms with Gasteiger partial charge in [-0.15, -0.1) is 0 Å². The molecule has 0 heterocycles. The topological polar surface area (TPSA) is 120 Å². The largest absolute Gasteiger partial charge is 0.493 e. The fourth-order valence-electron chi connectivity index (χ4n) is 2.74. The molecule has 28 heavy (non-hydrogen) atoms. The summed E-state index contributed by atoms with van der Waals surface area (Å²) in [6.45, 7) is 2.34. The van der Waals surface area contributed by atoms with Crippen LogP contribution in [0.3, 0.4) is 0 Å². The Kier molecular flexibility index (Phi) is 5.45. The van der Waals surface area contributed by atoms with Gasteiger partial charge in [0.1, 0.15) is 11.4 Å². The van der Waals surface area contributed by atoms with Crippen molar-refractivity contribution in [3.63, 3.8) is 0 Å². The molecule has 0 amide bonds. The second-order valence-electron chi connectivity index (χ2n) is 5.72. The fraction of sp³-hybridized carbons (Fsp3) is 0.105. The first kappa shape index (κ1) is 18.8. The van der Waals surface area contributed by atoms with Gasteiger partial charge in [-0.1, -0.05) is 30.3 Å². The Bertz CT molecular complexity index is 1080. The van der Waals surface area contributed by atoms with Crippen LogP contribution in [0.4, 0.5) is 17.1 Å². The summed E-state index contributed by atoms with van der Waals surface area (Å²) < 4.78 is 5.65. The third kappa shape index (κ3) is 3.88. The van der Waals surface area contributed by atoms with Crippen LogP contribution in [0.5, 0.6) is 5.75 Å². The molecule has 0 unspecified atom stereocenters. The van der Waals surface area contributed by atoms with Gasteiger partial charge in [0, 0.05) is 11.6 Å². The second kappa shape index (κ2) is 8.12. The van der Waals surface area contributed by atoms with Gasteiger partial charge in [0.15, 0.2) is 0 Å². The molecule has 0 bridgehead atoms. The van der Waals surface area contributed by atoms with E-state index in [4.69, 9.17) is 4.74 Å². The normalized spacial score (nSPS) is 10.9. The molecule has 0 saturated carbocycles. The minimum atomic E-state index is -0.700. The van der Waals surface area contributed by atoms with E-state index in [1.165, 1.54) is 18.3 Å². The van der Waals surface area contributed by atoms with Crippen LogP contribution in [0.15, 0.2) is 59.7 Å². The van der Waals surface area contributed by atoms with Crippen molar-refractivity contribution >= 4 is 34.0 Å². The Balaban J connectivity index is 1.96. The summed E-state index contributed by atoms with van der Waals surface area (Å²) in [4.78, 5) is 20.7. The molecule has 0 spiro atoms. The Morgan fingerprint density at radius 2 is 1.86 bits per heavy atom. The maximum atomic E-state index is 11.2.